The number of nitrogens with one attached hydrogen (secondary N) is 1. The summed E-state index contributed by atoms with van der Waals surface area (Å²) in [6.07, 6.45) is 5.13. The van der Waals surface area contributed by atoms with Gasteiger partial charge in [0.25, 0.3) is 0 Å². The number of anilines is 1. The Morgan fingerprint density at radius 3 is 2.36 bits per heavy atom. The molecule has 2 aromatic carbocycles. The van der Waals surface area contributed by atoms with Gasteiger partial charge in [-0.25, -0.2) is 4.68 Å². The van der Waals surface area contributed by atoms with Crippen LogP contribution in [0.3, 0.4) is 0 Å². The van der Waals surface area contributed by atoms with Gasteiger partial charge in [-0.05, 0) is 50.2 Å². The fourth-order valence-corrected chi connectivity index (χ4v) is 5.03. The van der Waals surface area contributed by atoms with Crippen molar-refractivity contribution in [2.24, 2.45) is 0 Å². The average Bonchev–Trinajstić information content (AvgIpc) is 3.52. The summed E-state index contributed by atoms with van der Waals surface area (Å²) < 4.78 is 3.59. The van der Waals surface area contributed by atoms with E-state index in [1.54, 1.807) is 4.68 Å². The van der Waals surface area contributed by atoms with Gasteiger partial charge in [0.15, 0.2) is 16.8 Å². The van der Waals surface area contributed by atoms with Crippen LogP contribution in [0.4, 0.5) is 5.82 Å². The molecule has 0 spiro atoms. The zero-order chi connectivity index (χ0) is 24.7. The van der Waals surface area contributed by atoms with E-state index in [0.717, 1.165) is 36.8 Å². The van der Waals surface area contributed by atoms with E-state index in [1.807, 2.05) is 65.2 Å². The number of hydrogen-bond acceptors (Lipinski definition) is 7. The van der Waals surface area contributed by atoms with Crippen LogP contribution in [0.2, 0.25) is 0 Å². The third kappa shape index (κ3) is 5.32. The van der Waals surface area contributed by atoms with Gasteiger partial charge in [0.2, 0.25) is 5.91 Å². The molecule has 0 atom stereocenters. The normalized spacial score (nSPS) is 13.9. The molecule has 1 fully saturated rings. The zero-order valence-corrected chi connectivity index (χ0v) is 20.6. The van der Waals surface area contributed by atoms with Crippen LogP contribution in [0, 0.1) is 11.3 Å². The maximum Gasteiger partial charge on any atom is 0.236 e. The highest BCUT2D eigenvalue weighted by molar-refractivity contribution is 7.99. The van der Waals surface area contributed by atoms with Crippen LogP contribution < -0.4 is 5.32 Å². The second-order valence-electron chi connectivity index (χ2n) is 8.51. The molecule has 0 unspecified atom stereocenters. The van der Waals surface area contributed by atoms with Gasteiger partial charge in [-0.15, -0.1) is 10.2 Å². The lowest BCUT2D eigenvalue weighted by molar-refractivity contribution is -0.113. The van der Waals surface area contributed by atoms with E-state index >= 15 is 0 Å². The molecule has 0 bridgehead atoms. The highest BCUT2D eigenvalue weighted by Crippen LogP contribution is 2.25. The first kappa shape index (κ1) is 23.8. The SMILES string of the molecule is N#Cc1cnn(-c2ccccc2)c1NC(=O)CSc1nnc(CN2CCCCC2)n1-c1ccccc1. The topological polar surface area (TPSA) is 105 Å². The van der Waals surface area contributed by atoms with E-state index < -0.39 is 0 Å². The molecule has 1 N–H and O–H groups in total. The number of piperidine rings is 1. The van der Waals surface area contributed by atoms with Crippen LogP contribution in [0.1, 0.15) is 30.7 Å². The Labute approximate surface area is 213 Å². The molecule has 9 nitrogen and oxygen atoms in total. The van der Waals surface area contributed by atoms with Gasteiger partial charge in [0, 0.05) is 5.69 Å². The lowest BCUT2D eigenvalue weighted by atomic mass is 10.1. The predicted octanol–water partition coefficient (Wildman–Crippen LogP) is 4.04. The molecule has 2 aromatic heterocycles. The number of para-hydroxylation sites is 2. The van der Waals surface area contributed by atoms with Crippen LogP contribution in [-0.4, -0.2) is 54.2 Å². The first-order valence-corrected chi connectivity index (χ1v) is 12.9. The second kappa shape index (κ2) is 11.2. The van der Waals surface area contributed by atoms with E-state index in [-0.39, 0.29) is 11.7 Å². The van der Waals surface area contributed by atoms with Crippen molar-refractivity contribution < 1.29 is 4.79 Å². The van der Waals surface area contributed by atoms with E-state index in [1.165, 1.54) is 37.2 Å². The van der Waals surface area contributed by atoms with Crippen molar-refractivity contribution in [3.8, 4) is 17.4 Å². The number of rotatable bonds is 8. The number of nitrogens with zero attached hydrogens (tertiary/aromatic N) is 7. The zero-order valence-electron chi connectivity index (χ0n) is 19.7. The Kier molecular flexibility index (Phi) is 7.40. The predicted molar refractivity (Wildman–Crippen MR) is 138 cm³/mol. The van der Waals surface area contributed by atoms with Gasteiger partial charge in [0.05, 0.1) is 24.2 Å². The molecular weight excluding hydrogens is 472 g/mol. The molecule has 0 radical (unpaired) electrons. The molecule has 5 rings (SSSR count). The van der Waals surface area contributed by atoms with Crippen molar-refractivity contribution in [2.75, 3.05) is 24.2 Å². The van der Waals surface area contributed by atoms with Crippen molar-refractivity contribution in [3.05, 3.63) is 78.2 Å². The molecule has 4 aromatic rings. The number of hydrogen-bond donors (Lipinski definition) is 1. The molecule has 36 heavy (non-hydrogen) atoms. The molecule has 1 saturated heterocycles. The van der Waals surface area contributed by atoms with Crippen molar-refractivity contribution in [1.29, 1.82) is 5.26 Å². The molecule has 182 valence electrons. The quantitative estimate of drug-likeness (QED) is 0.366. The smallest absolute Gasteiger partial charge is 0.236 e. The summed E-state index contributed by atoms with van der Waals surface area (Å²) in [5.41, 5.74) is 2.02. The number of thioether (sulfide) groups is 1. The molecule has 3 heterocycles. The van der Waals surface area contributed by atoms with Gasteiger partial charge >= 0.3 is 0 Å². The Morgan fingerprint density at radius 2 is 1.67 bits per heavy atom. The van der Waals surface area contributed by atoms with Gasteiger partial charge in [0.1, 0.15) is 11.6 Å². The minimum Gasteiger partial charge on any atom is -0.309 e. The van der Waals surface area contributed by atoms with Crippen molar-refractivity contribution in [1.82, 2.24) is 29.4 Å². The summed E-state index contributed by atoms with van der Waals surface area (Å²) >= 11 is 1.32. The monoisotopic (exact) mass is 498 g/mol. The maximum atomic E-state index is 13.0. The van der Waals surface area contributed by atoms with Crippen LogP contribution in [0.25, 0.3) is 11.4 Å². The largest absolute Gasteiger partial charge is 0.309 e. The van der Waals surface area contributed by atoms with Crippen LogP contribution >= 0.6 is 11.8 Å². The van der Waals surface area contributed by atoms with E-state index in [9.17, 15) is 10.1 Å². The van der Waals surface area contributed by atoms with E-state index in [0.29, 0.717) is 16.5 Å². The third-order valence-electron chi connectivity index (χ3n) is 6.01. The third-order valence-corrected chi connectivity index (χ3v) is 6.94. The second-order valence-corrected chi connectivity index (χ2v) is 9.45. The standard InChI is InChI=1S/C26H26N8OS/c27-16-20-17-28-34(22-12-6-2-7-13-22)25(20)29-24(35)19-36-26-31-30-23(18-32-14-8-3-9-15-32)33(26)21-10-4-1-5-11-21/h1-2,4-7,10-13,17H,3,8-9,14-15,18-19H2,(H,29,35). The molecule has 1 amide bonds. The first-order valence-electron chi connectivity index (χ1n) is 11.9. The number of carbonyl (C=O) groups excluding carboxylic acids is 1. The average molecular weight is 499 g/mol. The Balaban J connectivity index is 1.34. The molecule has 10 heteroatoms. The Bertz CT molecular complexity index is 1350. The summed E-state index contributed by atoms with van der Waals surface area (Å²) in [5, 5.41) is 26.2. The molecule has 0 saturated carbocycles. The van der Waals surface area contributed by atoms with Crippen LogP contribution in [-0.2, 0) is 11.3 Å². The van der Waals surface area contributed by atoms with Crippen molar-refractivity contribution in [2.45, 2.75) is 31.0 Å². The van der Waals surface area contributed by atoms with Crippen LogP contribution in [0.15, 0.2) is 72.0 Å². The Hall–Kier alpha value is -3.94. The fraction of sp³-hybridized carbons (Fsp3) is 0.269. The van der Waals surface area contributed by atoms with Crippen molar-refractivity contribution in [3.63, 3.8) is 0 Å². The minimum atomic E-state index is -0.255. The highest BCUT2D eigenvalue weighted by atomic mass is 32.2. The van der Waals surface area contributed by atoms with Gasteiger partial charge in [-0.3, -0.25) is 14.3 Å². The number of benzene rings is 2. The summed E-state index contributed by atoms with van der Waals surface area (Å²) in [7, 11) is 0. The highest BCUT2D eigenvalue weighted by Gasteiger charge is 2.20. The fourth-order valence-electron chi connectivity index (χ4n) is 4.26. The summed E-state index contributed by atoms with van der Waals surface area (Å²) in [6, 6.07) is 21.5. The lowest BCUT2D eigenvalue weighted by Crippen LogP contribution is -2.30. The number of nitriles is 1. The lowest BCUT2D eigenvalue weighted by Gasteiger charge is -2.26. The minimum absolute atomic E-state index is 0.111. The van der Waals surface area contributed by atoms with Gasteiger partial charge < -0.3 is 5.32 Å². The number of likely N-dealkylation sites (tertiary alicyclic amines) is 1. The number of amides is 1. The summed E-state index contributed by atoms with van der Waals surface area (Å²) in [6.45, 7) is 2.84. The van der Waals surface area contributed by atoms with Crippen molar-refractivity contribution >= 4 is 23.5 Å². The summed E-state index contributed by atoms with van der Waals surface area (Å²) in [5.74, 6) is 1.07. The first-order chi connectivity index (χ1) is 17.7. The van der Waals surface area contributed by atoms with E-state index in [2.05, 4.69) is 31.6 Å². The number of aromatic nitrogens is 5. The molecular formula is C26H26N8OS. The Morgan fingerprint density at radius 1 is 0.972 bits per heavy atom. The maximum absolute atomic E-state index is 13.0. The van der Waals surface area contributed by atoms with E-state index in [4.69, 9.17) is 0 Å². The number of carbonyl (C=O) groups is 1. The molecule has 0 aliphatic carbocycles. The van der Waals surface area contributed by atoms with Gasteiger partial charge in [-0.2, -0.15) is 10.4 Å². The van der Waals surface area contributed by atoms with Gasteiger partial charge in [-0.1, -0.05) is 54.6 Å². The van der Waals surface area contributed by atoms with Crippen LogP contribution in [0.5, 0.6) is 0 Å². The molecule has 1 aliphatic heterocycles. The molecule has 1 aliphatic rings. The summed E-state index contributed by atoms with van der Waals surface area (Å²) in [4.78, 5) is 15.4.